The summed E-state index contributed by atoms with van der Waals surface area (Å²) in [6.07, 6.45) is 0.729. The van der Waals surface area contributed by atoms with Gasteiger partial charge in [0, 0.05) is 28.8 Å². The summed E-state index contributed by atoms with van der Waals surface area (Å²) in [7, 11) is 0. The second kappa shape index (κ2) is 6.23. The molecule has 1 unspecified atom stereocenters. The number of hydrogen-bond donors (Lipinski definition) is 3. The van der Waals surface area contributed by atoms with Gasteiger partial charge in [-0.2, -0.15) is 0 Å². The van der Waals surface area contributed by atoms with Crippen LogP contribution in [-0.2, 0) is 0 Å². The molecule has 0 saturated carbocycles. The van der Waals surface area contributed by atoms with Gasteiger partial charge >= 0.3 is 11.1 Å². The van der Waals surface area contributed by atoms with Crippen molar-refractivity contribution in [1.29, 1.82) is 5.41 Å². The van der Waals surface area contributed by atoms with E-state index in [1.54, 1.807) is 12.1 Å². The number of nitrogens with zero attached hydrogens (tertiary/aromatic N) is 2. The number of hydrogen-bond acceptors (Lipinski definition) is 3. The largest absolute Gasteiger partial charge is 0.342 e. The van der Waals surface area contributed by atoms with Crippen LogP contribution in [0.1, 0.15) is 20.3 Å². The van der Waals surface area contributed by atoms with Crippen LogP contribution in [0.4, 0.5) is 5.69 Å². The van der Waals surface area contributed by atoms with Gasteiger partial charge < -0.3 is 11.5 Å². The SMILES string of the molecule is CC/C(C)=N/[N+](C(=N)N)(C(N)=S)c1ccc(Br)cc1. The summed E-state index contributed by atoms with van der Waals surface area (Å²) in [5.41, 5.74) is 13.0. The molecule has 19 heavy (non-hydrogen) atoms. The van der Waals surface area contributed by atoms with E-state index in [4.69, 9.17) is 29.1 Å². The molecule has 1 atom stereocenters. The lowest BCUT2D eigenvalue weighted by Gasteiger charge is -2.27. The van der Waals surface area contributed by atoms with Crippen LogP contribution < -0.4 is 16.1 Å². The number of halogens is 1. The lowest BCUT2D eigenvalue weighted by Crippen LogP contribution is -2.60. The van der Waals surface area contributed by atoms with Crippen molar-refractivity contribution < 1.29 is 0 Å². The summed E-state index contributed by atoms with van der Waals surface area (Å²) >= 11 is 8.46. The predicted molar refractivity (Wildman–Crippen MR) is 88.0 cm³/mol. The normalized spacial score (nSPS) is 14.8. The van der Waals surface area contributed by atoms with Gasteiger partial charge in [-0.3, -0.25) is 0 Å². The van der Waals surface area contributed by atoms with Crippen molar-refractivity contribution in [2.75, 3.05) is 0 Å². The van der Waals surface area contributed by atoms with Crippen molar-refractivity contribution >= 4 is 50.6 Å². The van der Waals surface area contributed by atoms with Crippen LogP contribution in [0.3, 0.4) is 0 Å². The molecule has 0 heterocycles. The van der Waals surface area contributed by atoms with Gasteiger partial charge in [0.15, 0.2) is 5.69 Å². The molecule has 0 spiro atoms. The third kappa shape index (κ3) is 3.17. The first-order chi connectivity index (χ1) is 8.84. The van der Waals surface area contributed by atoms with E-state index < -0.39 is 4.59 Å². The molecule has 1 aromatic rings. The zero-order valence-electron chi connectivity index (χ0n) is 10.9. The number of nitrogens with two attached hydrogens (primary N) is 2. The highest BCUT2D eigenvalue weighted by atomic mass is 79.9. The summed E-state index contributed by atoms with van der Waals surface area (Å²) in [5, 5.41) is 12.3. The van der Waals surface area contributed by atoms with E-state index in [1.165, 1.54) is 0 Å². The maximum atomic E-state index is 7.85. The molecule has 1 rings (SSSR count). The van der Waals surface area contributed by atoms with Crippen LogP contribution in [0.25, 0.3) is 0 Å². The minimum atomic E-state index is -0.470. The van der Waals surface area contributed by atoms with Gasteiger partial charge in [0.05, 0.1) is 5.71 Å². The Morgan fingerprint density at radius 1 is 1.37 bits per heavy atom. The molecule has 0 saturated heterocycles. The number of quaternary nitrogens is 1. The van der Waals surface area contributed by atoms with Crippen LogP contribution >= 0.6 is 28.1 Å². The van der Waals surface area contributed by atoms with Gasteiger partial charge in [0.25, 0.3) is 0 Å². The van der Waals surface area contributed by atoms with Gasteiger partial charge in [0.2, 0.25) is 0 Å². The highest BCUT2D eigenvalue weighted by Gasteiger charge is 2.40. The number of rotatable bonds is 3. The average Bonchev–Trinajstić information content (AvgIpc) is 2.36. The molecule has 0 aliphatic heterocycles. The molecule has 1 aromatic carbocycles. The minimum Gasteiger partial charge on any atom is -0.342 e. The van der Waals surface area contributed by atoms with Crippen molar-refractivity contribution in [2.24, 2.45) is 16.6 Å². The van der Waals surface area contributed by atoms with E-state index in [0.29, 0.717) is 5.69 Å². The highest BCUT2D eigenvalue weighted by Crippen LogP contribution is 2.26. The minimum absolute atomic E-state index is 0.0163. The zero-order valence-corrected chi connectivity index (χ0v) is 13.3. The first-order valence-electron chi connectivity index (χ1n) is 5.70. The maximum Gasteiger partial charge on any atom is 0.332 e. The van der Waals surface area contributed by atoms with E-state index in [1.807, 2.05) is 26.0 Å². The van der Waals surface area contributed by atoms with Crippen molar-refractivity contribution in [3.63, 3.8) is 0 Å². The molecule has 0 aromatic heterocycles. The molecule has 0 bridgehead atoms. The van der Waals surface area contributed by atoms with Gasteiger partial charge in [-0.05, 0) is 30.1 Å². The summed E-state index contributed by atoms with van der Waals surface area (Å²) in [6, 6.07) is 7.24. The average molecular weight is 343 g/mol. The van der Waals surface area contributed by atoms with Crippen LogP contribution in [0.5, 0.6) is 0 Å². The molecule has 0 aliphatic carbocycles. The molecule has 0 fully saturated rings. The molecule has 7 heteroatoms. The maximum absolute atomic E-state index is 7.85. The fraction of sp³-hybridized carbons (Fsp3) is 0.250. The van der Waals surface area contributed by atoms with Crippen molar-refractivity contribution in [3.05, 3.63) is 28.7 Å². The molecule has 0 radical (unpaired) electrons. The smallest absolute Gasteiger partial charge is 0.332 e. The Hall–Kier alpha value is -1.31. The van der Waals surface area contributed by atoms with E-state index in [0.717, 1.165) is 16.6 Å². The van der Waals surface area contributed by atoms with Crippen molar-refractivity contribution in [3.8, 4) is 0 Å². The first-order valence-corrected chi connectivity index (χ1v) is 6.90. The zero-order chi connectivity index (χ0) is 14.6. The molecular formula is C12H17BrN5S+. The fourth-order valence-corrected chi connectivity index (χ4v) is 2.04. The second-order valence-electron chi connectivity index (χ2n) is 4.02. The Morgan fingerprint density at radius 3 is 2.26 bits per heavy atom. The van der Waals surface area contributed by atoms with Crippen LogP contribution in [-0.4, -0.2) is 16.8 Å². The number of benzene rings is 1. The Labute approximate surface area is 126 Å². The Morgan fingerprint density at radius 2 is 1.89 bits per heavy atom. The third-order valence-corrected chi connectivity index (χ3v) is 3.49. The molecule has 5 N–H and O–H groups in total. The Kier molecular flexibility index (Phi) is 5.16. The number of guanidine groups is 1. The summed E-state index contributed by atoms with van der Waals surface area (Å²) in [6.45, 7) is 3.82. The van der Waals surface area contributed by atoms with Crippen LogP contribution in [0.2, 0.25) is 0 Å². The first kappa shape index (κ1) is 15.7. The van der Waals surface area contributed by atoms with E-state index in [9.17, 15) is 0 Å². The lowest BCUT2D eigenvalue weighted by atomic mass is 10.3. The van der Waals surface area contributed by atoms with Crippen molar-refractivity contribution in [1.82, 2.24) is 4.59 Å². The summed E-state index contributed by atoms with van der Waals surface area (Å²) < 4.78 is 0.444. The second-order valence-corrected chi connectivity index (χ2v) is 5.36. The van der Waals surface area contributed by atoms with Crippen LogP contribution in [0.15, 0.2) is 33.8 Å². The van der Waals surface area contributed by atoms with Gasteiger partial charge in [-0.25, -0.2) is 5.41 Å². The van der Waals surface area contributed by atoms with Gasteiger partial charge in [0.1, 0.15) is 0 Å². The number of thiocarbonyl (C=S) groups is 1. The van der Waals surface area contributed by atoms with E-state index >= 15 is 0 Å². The molecule has 0 aliphatic rings. The third-order valence-electron chi connectivity index (χ3n) is 2.70. The van der Waals surface area contributed by atoms with Crippen LogP contribution in [0, 0.1) is 5.41 Å². The van der Waals surface area contributed by atoms with E-state index in [2.05, 4.69) is 21.0 Å². The van der Waals surface area contributed by atoms with Gasteiger partial charge in [-0.1, -0.05) is 28.0 Å². The van der Waals surface area contributed by atoms with Gasteiger partial charge in [-0.15, -0.1) is 0 Å². The Balaban J connectivity index is 3.53. The predicted octanol–water partition coefficient (Wildman–Crippen LogP) is 2.68. The lowest BCUT2D eigenvalue weighted by molar-refractivity contribution is 0.617. The van der Waals surface area contributed by atoms with Crippen molar-refractivity contribution in [2.45, 2.75) is 20.3 Å². The monoisotopic (exact) mass is 342 g/mol. The molecule has 102 valence electrons. The molecular weight excluding hydrogens is 326 g/mol. The Bertz CT molecular complexity index is 509. The molecule has 5 nitrogen and oxygen atoms in total. The highest BCUT2D eigenvalue weighted by molar-refractivity contribution is 9.10. The topological polar surface area (TPSA) is 88.2 Å². The number of nitrogens with one attached hydrogen (secondary N) is 1. The standard InChI is InChI=1S/C12H16BrN5S/c1-3-8(2)17-18(11(14)15,12(16)19)10-6-4-9(13)5-7-10/h4-7H,3H2,1-2H3,(H4-,14,15,16,19)/p+1/b17-8+. The molecule has 0 amide bonds. The van der Waals surface area contributed by atoms with E-state index in [-0.39, 0.29) is 11.1 Å². The quantitative estimate of drug-likeness (QED) is 0.259. The fourth-order valence-electron chi connectivity index (χ4n) is 1.53. The summed E-state index contributed by atoms with van der Waals surface area (Å²) in [4.78, 5) is 0. The summed E-state index contributed by atoms with van der Waals surface area (Å²) in [5.74, 6) is -0.234.